The van der Waals surface area contributed by atoms with Crippen molar-refractivity contribution >= 4 is 40.0 Å². The number of carbonyl (C=O) groups is 1. The molecule has 6 heteroatoms. The molecule has 2 aromatic carbocycles. The summed E-state index contributed by atoms with van der Waals surface area (Å²) in [6, 6.07) is 11.3. The molecule has 0 aliphatic heterocycles. The summed E-state index contributed by atoms with van der Waals surface area (Å²) in [5, 5.41) is 9.08. The van der Waals surface area contributed by atoms with Crippen molar-refractivity contribution in [2.75, 3.05) is 13.7 Å². The largest absolute Gasteiger partial charge is 0.495 e. The van der Waals surface area contributed by atoms with Crippen LogP contribution in [-0.4, -0.2) is 29.9 Å². The van der Waals surface area contributed by atoms with Gasteiger partial charge < -0.3 is 13.9 Å². The molecular weight excluding hydrogens is 344 g/mol. The Morgan fingerprint density at radius 1 is 1.22 bits per heavy atom. The van der Waals surface area contributed by atoms with Crippen LogP contribution < -0.4 is 4.74 Å². The van der Waals surface area contributed by atoms with E-state index in [0.717, 1.165) is 27.6 Å². The van der Waals surface area contributed by atoms with Gasteiger partial charge in [-0.1, -0.05) is 12.1 Å². The molecule has 0 amide bonds. The second-order valence-corrected chi connectivity index (χ2v) is 5.95. The van der Waals surface area contributed by atoms with E-state index in [4.69, 9.17) is 13.9 Å². The van der Waals surface area contributed by atoms with Crippen molar-refractivity contribution in [2.45, 2.75) is 6.92 Å². The van der Waals surface area contributed by atoms with Crippen LogP contribution in [0.15, 0.2) is 47.1 Å². The Hall–Kier alpha value is -3.54. The first-order valence-corrected chi connectivity index (χ1v) is 8.58. The number of hydrogen-bond donors (Lipinski definition) is 1. The first kappa shape index (κ1) is 16.9. The number of ether oxygens (including phenoxy) is 2. The van der Waals surface area contributed by atoms with Crippen molar-refractivity contribution in [2.24, 2.45) is 0 Å². The predicted molar refractivity (Wildman–Crippen MR) is 104 cm³/mol. The lowest BCUT2D eigenvalue weighted by atomic mass is 10.1. The molecule has 4 aromatic rings. The molecule has 0 aliphatic rings. The van der Waals surface area contributed by atoms with Crippen molar-refractivity contribution in [3.05, 3.63) is 59.5 Å². The van der Waals surface area contributed by atoms with Crippen LogP contribution in [0.1, 0.15) is 28.5 Å². The minimum atomic E-state index is -0.419. The van der Waals surface area contributed by atoms with Crippen LogP contribution >= 0.6 is 0 Å². The second-order valence-electron chi connectivity index (χ2n) is 5.95. The monoisotopic (exact) mass is 362 g/mol. The predicted octanol–water partition coefficient (Wildman–Crippen LogP) is 4.66. The smallest absolute Gasteiger partial charge is 0.341 e. The van der Waals surface area contributed by atoms with Gasteiger partial charge in [-0.25, -0.2) is 4.79 Å². The summed E-state index contributed by atoms with van der Waals surface area (Å²) in [6.07, 6.45) is 5.55. The van der Waals surface area contributed by atoms with E-state index in [0.29, 0.717) is 23.4 Å². The van der Waals surface area contributed by atoms with Gasteiger partial charge in [0.05, 0.1) is 36.6 Å². The zero-order chi connectivity index (χ0) is 18.8. The van der Waals surface area contributed by atoms with Crippen molar-refractivity contribution in [3.63, 3.8) is 0 Å². The fourth-order valence-electron chi connectivity index (χ4n) is 3.07. The first-order valence-electron chi connectivity index (χ1n) is 8.58. The summed E-state index contributed by atoms with van der Waals surface area (Å²) in [6.45, 7) is 2.07. The van der Waals surface area contributed by atoms with Gasteiger partial charge in [0.2, 0.25) is 0 Å². The van der Waals surface area contributed by atoms with Crippen LogP contribution in [-0.2, 0) is 4.74 Å². The molecule has 27 heavy (non-hydrogen) atoms. The summed E-state index contributed by atoms with van der Waals surface area (Å²) in [5.74, 6) is 0.0300. The highest BCUT2D eigenvalue weighted by Gasteiger charge is 2.19. The molecule has 2 aromatic heterocycles. The van der Waals surface area contributed by atoms with E-state index < -0.39 is 5.97 Å². The van der Waals surface area contributed by atoms with Crippen LogP contribution in [0.5, 0.6) is 5.75 Å². The molecule has 0 unspecified atom stereocenters. The Morgan fingerprint density at radius 3 is 2.93 bits per heavy atom. The SMILES string of the molecule is CCOC(=O)c1ccc2n[nH]c(C=Cc3ccc4occc4c3)c2c1OC. The van der Waals surface area contributed by atoms with Gasteiger partial charge in [-0.05, 0) is 48.9 Å². The van der Waals surface area contributed by atoms with E-state index in [1.165, 1.54) is 7.11 Å². The number of rotatable bonds is 5. The average molecular weight is 362 g/mol. The lowest BCUT2D eigenvalue weighted by molar-refractivity contribution is 0.0523. The third-order valence-electron chi connectivity index (χ3n) is 4.32. The molecular formula is C21H18N2O4. The molecule has 0 fully saturated rings. The molecule has 0 spiro atoms. The topological polar surface area (TPSA) is 77.4 Å². The molecule has 0 atom stereocenters. The number of carbonyl (C=O) groups excluding carboxylic acids is 1. The number of methoxy groups -OCH3 is 1. The van der Waals surface area contributed by atoms with Gasteiger partial charge >= 0.3 is 5.97 Å². The van der Waals surface area contributed by atoms with Crippen LogP contribution in [0.4, 0.5) is 0 Å². The Bertz CT molecular complexity index is 1150. The van der Waals surface area contributed by atoms with Gasteiger partial charge in [-0.3, -0.25) is 5.10 Å². The molecule has 0 saturated carbocycles. The number of nitrogens with zero attached hydrogens (tertiary/aromatic N) is 1. The fraction of sp³-hybridized carbons (Fsp3) is 0.143. The van der Waals surface area contributed by atoms with Crippen LogP contribution in [0.3, 0.4) is 0 Å². The van der Waals surface area contributed by atoms with E-state index in [2.05, 4.69) is 10.2 Å². The summed E-state index contributed by atoms with van der Waals surface area (Å²) in [5.41, 5.74) is 3.71. The first-order chi connectivity index (χ1) is 13.2. The summed E-state index contributed by atoms with van der Waals surface area (Å²) in [7, 11) is 1.53. The van der Waals surface area contributed by atoms with E-state index >= 15 is 0 Å². The molecule has 6 nitrogen and oxygen atoms in total. The molecule has 136 valence electrons. The molecule has 2 heterocycles. The van der Waals surface area contributed by atoms with E-state index in [-0.39, 0.29) is 0 Å². The number of H-pyrrole nitrogens is 1. The number of esters is 1. The molecule has 0 aliphatic carbocycles. The molecule has 4 rings (SSSR count). The molecule has 0 saturated heterocycles. The Labute approximate surface area is 155 Å². The number of aromatic amines is 1. The quantitative estimate of drug-likeness (QED) is 0.522. The Morgan fingerprint density at radius 2 is 2.11 bits per heavy atom. The zero-order valence-corrected chi connectivity index (χ0v) is 15.0. The number of fused-ring (bicyclic) bond motifs is 2. The van der Waals surface area contributed by atoms with Crippen molar-refractivity contribution in [1.82, 2.24) is 10.2 Å². The van der Waals surface area contributed by atoms with Crippen molar-refractivity contribution in [3.8, 4) is 5.75 Å². The van der Waals surface area contributed by atoms with Gasteiger partial charge in [-0.2, -0.15) is 5.10 Å². The molecule has 1 N–H and O–H groups in total. The van der Waals surface area contributed by atoms with E-state index in [1.54, 1.807) is 25.3 Å². The third kappa shape index (κ3) is 3.06. The minimum Gasteiger partial charge on any atom is -0.495 e. The average Bonchev–Trinajstić information content (AvgIpc) is 3.32. The zero-order valence-electron chi connectivity index (χ0n) is 15.0. The summed E-state index contributed by atoms with van der Waals surface area (Å²) < 4.78 is 16.0. The fourth-order valence-corrected chi connectivity index (χ4v) is 3.07. The lowest BCUT2D eigenvalue weighted by Gasteiger charge is -2.09. The van der Waals surface area contributed by atoms with Crippen LogP contribution in [0, 0.1) is 0 Å². The van der Waals surface area contributed by atoms with Crippen LogP contribution in [0.25, 0.3) is 34.0 Å². The number of hydrogen-bond acceptors (Lipinski definition) is 5. The summed E-state index contributed by atoms with van der Waals surface area (Å²) >= 11 is 0. The lowest BCUT2D eigenvalue weighted by Crippen LogP contribution is -2.07. The number of benzene rings is 2. The normalized spacial score (nSPS) is 11.5. The number of aromatic nitrogens is 2. The van der Waals surface area contributed by atoms with Gasteiger partial charge in [0.25, 0.3) is 0 Å². The van der Waals surface area contributed by atoms with Gasteiger partial charge in [0.1, 0.15) is 16.9 Å². The maximum atomic E-state index is 12.2. The summed E-state index contributed by atoms with van der Waals surface area (Å²) in [4.78, 5) is 12.2. The molecule has 0 bridgehead atoms. The number of nitrogens with one attached hydrogen (secondary N) is 1. The van der Waals surface area contributed by atoms with Crippen LogP contribution in [0.2, 0.25) is 0 Å². The maximum absolute atomic E-state index is 12.2. The van der Waals surface area contributed by atoms with Crippen molar-refractivity contribution < 1.29 is 18.7 Å². The highest BCUT2D eigenvalue weighted by molar-refractivity contribution is 6.03. The number of furan rings is 1. The standard InChI is InChI=1S/C21H18N2O4/c1-3-26-21(24)15-6-8-17-19(20(15)25-2)16(22-23-17)7-4-13-5-9-18-14(12-13)10-11-27-18/h4-12H,3H2,1-2H3,(H,22,23). The Kier molecular flexibility index (Phi) is 4.38. The van der Waals surface area contributed by atoms with Gasteiger partial charge in [0.15, 0.2) is 0 Å². The Balaban J connectivity index is 1.76. The van der Waals surface area contributed by atoms with Gasteiger partial charge in [0, 0.05) is 5.39 Å². The van der Waals surface area contributed by atoms with Gasteiger partial charge in [-0.15, -0.1) is 0 Å². The molecule has 0 radical (unpaired) electrons. The minimum absolute atomic E-state index is 0.300. The maximum Gasteiger partial charge on any atom is 0.341 e. The van der Waals surface area contributed by atoms with E-state index in [9.17, 15) is 4.79 Å². The highest BCUT2D eigenvalue weighted by atomic mass is 16.5. The van der Waals surface area contributed by atoms with Crippen molar-refractivity contribution in [1.29, 1.82) is 0 Å². The third-order valence-corrected chi connectivity index (χ3v) is 4.32. The van der Waals surface area contributed by atoms with E-state index in [1.807, 2.05) is 36.4 Å². The second kappa shape index (κ2) is 6.99. The highest BCUT2D eigenvalue weighted by Crippen LogP contribution is 2.32.